The summed E-state index contributed by atoms with van der Waals surface area (Å²) in [4.78, 5) is 40.4. The summed E-state index contributed by atoms with van der Waals surface area (Å²) in [7, 11) is 3.32. The second-order valence-corrected chi connectivity index (χ2v) is 11.1. The van der Waals surface area contributed by atoms with Crippen molar-refractivity contribution in [1.29, 1.82) is 0 Å². The molecule has 0 rings (SSSR count). The number of esters is 1. The number of carbonyl (C=O) groups is 3. The number of amides is 1. The highest BCUT2D eigenvalue weighted by Crippen LogP contribution is 2.29. The van der Waals surface area contributed by atoms with Crippen LogP contribution in [-0.2, 0) is 23.9 Å². The van der Waals surface area contributed by atoms with Gasteiger partial charge in [-0.1, -0.05) is 54.9 Å². The lowest BCUT2D eigenvalue weighted by molar-refractivity contribution is -0.161. The highest BCUT2D eigenvalue weighted by atomic mass is 16.6. The maximum Gasteiger partial charge on any atom is 0.309 e. The van der Waals surface area contributed by atoms with Gasteiger partial charge in [-0.15, -0.1) is 0 Å². The number of carbonyl (C=O) groups excluding carboxylic acids is 3. The molecule has 0 heterocycles. The van der Waals surface area contributed by atoms with E-state index in [0.717, 1.165) is 6.42 Å². The van der Waals surface area contributed by atoms with E-state index >= 15 is 0 Å². The molecule has 0 aromatic heterocycles. The van der Waals surface area contributed by atoms with E-state index in [9.17, 15) is 14.4 Å². The van der Waals surface area contributed by atoms with Crippen molar-refractivity contribution in [3.05, 3.63) is 0 Å². The highest BCUT2D eigenvalue weighted by molar-refractivity contribution is 5.89. The van der Waals surface area contributed by atoms with Gasteiger partial charge in [0.1, 0.15) is 11.4 Å². The molecule has 0 aliphatic rings. The van der Waals surface area contributed by atoms with Gasteiger partial charge in [0.15, 0.2) is 0 Å². The second-order valence-electron chi connectivity index (χ2n) is 11.1. The molecule has 0 fully saturated rings. The Kier molecular flexibility index (Phi) is 11.4. The zero-order valence-electron chi connectivity index (χ0n) is 22.0. The zero-order valence-corrected chi connectivity index (χ0v) is 22.0. The van der Waals surface area contributed by atoms with Gasteiger partial charge in [-0.3, -0.25) is 14.4 Å². The first-order valence-electron chi connectivity index (χ1n) is 11.5. The van der Waals surface area contributed by atoms with Gasteiger partial charge in [0.25, 0.3) is 0 Å². The van der Waals surface area contributed by atoms with Gasteiger partial charge in [-0.05, 0) is 32.6 Å². The van der Waals surface area contributed by atoms with E-state index < -0.39 is 23.0 Å². The summed E-state index contributed by atoms with van der Waals surface area (Å²) >= 11 is 0. The van der Waals surface area contributed by atoms with Gasteiger partial charge in [0.2, 0.25) is 5.91 Å². The van der Waals surface area contributed by atoms with E-state index in [1.54, 1.807) is 19.1 Å². The van der Waals surface area contributed by atoms with Crippen LogP contribution in [0.3, 0.4) is 0 Å². The smallest absolute Gasteiger partial charge is 0.309 e. The molecular weight excluding hydrogens is 394 g/mol. The summed E-state index contributed by atoms with van der Waals surface area (Å²) < 4.78 is 11.2. The lowest BCUT2D eigenvalue weighted by Gasteiger charge is -2.40. The molecule has 4 atom stereocenters. The Morgan fingerprint density at radius 3 is 1.81 bits per heavy atom. The summed E-state index contributed by atoms with van der Waals surface area (Å²) in [6.07, 6.45) is 0.600. The average Bonchev–Trinajstić information content (AvgIpc) is 2.61. The Labute approximate surface area is 190 Å². The number of hydrogen-bond donors (Lipinski definition) is 0. The fourth-order valence-electron chi connectivity index (χ4n) is 3.65. The maximum absolute atomic E-state index is 13.5. The first kappa shape index (κ1) is 29.6. The van der Waals surface area contributed by atoms with Crippen LogP contribution in [0, 0.1) is 23.2 Å². The molecule has 1 amide bonds. The molecule has 0 N–H and O–H groups in total. The number of rotatable bonds is 11. The Morgan fingerprint density at radius 1 is 0.935 bits per heavy atom. The van der Waals surface area contributed by atoms with Crippen LogP contribution in [0.15, 0.2) is 0 Å². The third-order valence-electron chi connectivity index (χ3n) is 5.86. The molecule has 0 saturated carbocycles. The van der Waals surface area contributed by atoms with Crippen LogP contribution in [0.2, 0.25) is 0 Å². The quantitative estimate of drug-likeness (QED) is 0.427. The first-order valence-corrected chi connectivity index (χ1v) is 11.5. The summed E-state index contributed by atoms with van der Waals surface area (Å²) in [5.41, 5.74) is -1.08. The molecule has 0 spiro atoms. The van der Waals surface area contributed by atoms with Crippen LogP contribution < -0.4 is 0 Å². The molecule has 0 aromatic carbocycles. The highest BCUT2D eigenvalue weighted by Gasteiger charge is 2.39. The Morgan fingerprint density at radius 2 is 1.45 bits per heavy atom. The van der Waals surface area contributed by atoms with E-state index in [-0.39, 0.29) is 48.4 Å². The van der Waals surface area contributed by atoms with Gasteiger partial charge < -0.3 is 14.4 Å². The molecule has 0 bridgehead atoms. The van der Waals surface area contributed by atoms with Crippen LogP contribution in [-0.4, -0.2) is 54.5 Å². The van der Waals surface area contributed by atoms with Crippen LogP contribution in [0.25, 0.3) is 0 Å². The molecule has 6 nitrogen and oxygen atoms in total. The van der Waals surface area contributed by atoms with Gasteiger partial charge in [0, 0.05) is 31.9 Å². The van der Waals surface area contributed by atoms with Gasteiger partial charge in [0.05, 0.1) is 18.6 Å². The van der Waals surface area contributed by atoms with E-state index in [2.05, 4.69) is 13.8 Å². The Hall–Kier alpha value is -1.43. The topological polar surface area (TPSA) is 72.9 Å². The summed E-state index contributed by atoms with van der Waals surface area (Å²) in [6, 6.07) is -0.305. The number of ether oxygens (including phenoxy) is 2. The van der Waals surface area contributed by atoms with Gasteiger partial charge in [-0.25, -0.2) is 0 Å². The van der Waals surface area contributed by atoms with Crippen LogP contribution in [0.4, 0.5) is 0 Å². The number of methoxy groups -OCH3 is 1. The monoisotopic (exact) mass is 441 g/mol. The fourth-order valence-corrected chi connectivity index (χ4v) is 3.65. The largest absolute Gasteiger partial charge is 0.460 e. The Balaban J connectivity index is 5.79. The average molecular weight is 442 g/mol. The summed E-state index contributed by atoms with van der Waals surface area (Å²) in [5.74, 6) is -0.647. The van der Waals surface area contributed by atoms with E-state index in [1.165, 1.54) is 0 Å². The molecule has 0 aromatic rings. The second kappa shape index (κ2) is 12.0. The van der Waals surface area contributed by atoms with Crippen molar-refractivity contribution in [2.24, 2.45) is 23.2 Å². The molecule has 0 radical (unpaired) electrons. The van der Waals surface area contributed by atoms with Crippen LogP contribution >= 0.6 is 0 Å². The molecular formula is C25H47NO5. The molecule has 1 unspecified atom stereocenters. The lowest BCUT2D eigenvalue weighted by atomic mass is 9.80. The van der Waals surface area contributed by atoms with Crippen molar-refractivity contribution in [3.8, 4) is 0 Å². The van der Waals surface area contributed by atoms with E-state index in [4.69, 9.17) is 9.47 Å². The number of nitrogens with zero attached hydrogens (tertiary/aromatic N) is 1. The normalized spacial score (nSPS) is 16.4. The standard InChI is InChI=1S/C25H47NO5/c1-13-17(4)22(19(30-12)15-21(28)31-25(8,9)10)26(11)23(29)18(16(2)3)14-20(27)24(5,6)7/h16-19,22H,13-15H2,1-12H3/t17-,18-,19+,22?/m0/s1. The van der Waals surface area contributed by atoms with Crippen molar-refractivity contribution < 1.29 is 23.9 Å². The third-order valence-corrected chi connectivity index (χ3v) is 5.86. The number of hydrogen-bond acceptors (Lipinski definition) is 5. The van der Waals surface area contributed by atoms with Crippen molar-refractivity contribution >= 4 is 17.7 Å². The SMILES string of the molecule is CC[C@H](C)C([C@@H](CC(=O)OC(C)(C)C)OC)N(C)C(=O)[C@@H](CC(=O)C(C)(C)C)C(C)C. The molecule has 0 saturated heterocycles. The first-order chi connectivity index (χ1) is 14.0. The molecule has 182 valence electrons. The lowest BCUT2D eigenvalue weighted by Crippen LogP contribution is -2.52. The predicted molar refractivity (Wildman–Crippen MR) is 125 cm³/mol. The van der Waals surface area contributed by atoms with Gasteiger partial charge in [-0.2, -0.15) is 0 Å². The zero-order chi connectivity index (χ0) is 24.7. The molecule has 31 heavy (non-hydrogen) atoms. The van der Waals surface area contributed by atoms with Gasteiger partial charge >= 0.3 is 5.97 Å². The van der Waals surface area contributed by atoms with E-state index in [1.807, 2.05) is 55.4 Å². The minimum absolute atomic E-state index is 0.0192. The molecule has 0 aliphatic heterocycles. The number of likely N-dealkylation sites (N-methyl/N-ethyl adjacent to an activating group) is 1. The van der Waals surface area contributed by atoms with Crippen molar-refractivity contribution in [3.63, 3.8) is 0 Å². The predicted octanol–water partition coefficient (Wildman–Crippen LogP) is 4.88. The fraction of sp³-hybridized carbons (Fsp3) is 0.880. The van der Waals surface area contributed by atoms with E-state index in [0.29, 0.717) is 0 Å². The van der Waals surface area contributed by atoms with Crippen molar-refractivity contribution in [1.82, 2.24) is 4.90 Å². The minimum Gasteiger partial charge on any atom is -0.460 e. The molecule has 0 aliphatic carbocycles. The third kappa shape index (κ3) is 9.71. The summed E-state index contributed by atoms with van der Waals surface area (Å²) in [5, 5.41) is 0. The molecule has 6 heteroatoms. The van der Waals surface area contributed by atoms with Crippen molar-refractivity contribution in [2.75, 3.05) is 14.2 Å². The Bertz CT molecular complexity index is 600. The maximum atomic E-state index is 13.5. The van der Waals surface area contributed by atoms with Crippen molar-refractivity contribution in [2.45, 2.75) is 106 Å². The van der Waals surface area contributed by atoms with Crippen LogP contribution in [0.1, 0.15) is 88.5 Å². The number of ketones is 1. The minimum atomic E-state index is -0.584. The van der Waals surface area contributed by atoms with Crippen LogP contribution in [0.5, 0.6) is 0 Å². The number of Topliss-reactive ketones (excluding diaryl/α,β-unsaturated/α-hetero) is 1. The summed E-state index contributed by atoms with van der Waals surface area (Å²) in [6.45, 7) is 19.2.